The number of carbonyl (C=O) groups is 1. The smallest absolute Gasteiger partial charge is 0.345 e. The fourth-order valence-corrected chi connectivity index (χ4v) is 2.88. The van der Waals surface area contributed by atoms with E-state index >= 15 is 0 Å². The number of methoxy groups -OCH3 is 3. The van der Waals surface area contributed by atoms with Crippen molar-refractivity contribution in [1.29, 1.82) is 0 Å². The van der Waals surface area contributed by atoms with Crippen molar-refractivity contribution in [2.45, 2.75) is 0 Å². The molecule has 0 amide bonds. The number of esters is 1. The Morgan fingerprint density at radius 1 is 1.08 bits per heavy atom. The summed E-state index contributed by atoms with van der Waals surface area (Å²) in [6, 6.07) is 9.33. The number of nitrogens with zero attached hydrogens (tertiary/aromatic N) is 2. The zero-order chi connectivity index (χ0) is 17.3. The molecule has 3 rings (SSSR count). The van der Waals surface area contributed by atoms with Gasteiger partial charge in [-0.2, -0.15) is 0 Å². The summed E-state index contributed by atoms with van der Waals surface area (Å²) < 4.78 is 18.4. The van der Waals surface area contributed by atoms with Gasteiger partial charge < -0.3 is 14.2 Å². The van der Waals surface area contributed by atoms with Gasteiger partial charge in [0.05, 0.1) is 38.1 Å². The first-order valence-electron chi connectivity index (χ1n) is 7.06. The van der Waals surface area contributed by atoms with E-state index in [9.17, 15) is 4.79 Å². The molecule has 0 aliphatic heterocycles. The van der Waals surface area contributed by atoms with Gasteiger partial charge in [-0.15, -0.1) is 0 Å². The van der Waals surface area contributed by atoms with Crippen LogP contribution in [0.1, 0.15) is 10.4 Å². The van der Waals surface area contributed by atoms with Crippen LogP contribution in [0.25, 0.3) is 16.7 Å². The Bertz CT molecular complexity index is 895. The summed E-state index contributed by atoms with van der Waals surface area (Å²) in [5.74, 6) is 0.222. The van der Waals surface area contributed by atoms with Crippen LogP contribution >= 0.6 is 15.9 Å². The number of fused-ring (bicyclic) bond motifs is 1. The van der Waals surface area contributed by atoms with Crippen LogP contribution < -0.4 is 9.47 Å². The number of hydrogen-bond acceptors (Lipinski definition) is 5. The van der Waals surface area contributed by atoms with Gasteiger partial charge in [0.25, 0.3) is 0 Å². The van der Waals surface area contributed by atoms with E-state index < -0.39 is 5.97 Å². The fourth-order valence-electron chi connectivity index (χ4n) is 2.53. The monoisotopic (exact) mass is 390 g/mol. The number of ether oxygens (including phenoxy) is 3. The Morgan fingerprint density at radius 2 is 1.75 bits per heavy atom. The maximum atomic E-state index is 12.0. The molecule has 0 spiro atoms. The Kier molecular flexibility index (Phi) is 4.44. The van der Waals surface area contributed by atoms with E-state index in [4.69, 9.17) is 14.2 Å². The molecule has 0 saturated heterocycles. The highest BCUT2D eigenvalue weighted by Crippen LogP contribution is 2.34. The van der Waals surface area contributed by atoms with E-state index in [1.807, 2.05) is 22.8 Å². The Hall–Kier alpha value is -2.54. The second-order valence-electron chi connectivity index (χ2n) is 4.96. The van der Waals surface area contributed by atoms with E-state index in [0.717, 1.165) is 21.2 Å². The molecule has 0 aliphatic rings. The Morgan fingerprint density at radius 3 is 2.33 bits per heavy atom. The highest BCUT2D eigenvalue weighted by Gasteiger charge is 2.21. The molecule has 0 saturated carbocycles. The lowest BCUT2D eigenvalue weighted by molar-refractivity contribution is 0.0593. The second-order valence-corrected chi connectivity index (χ2v) is 5.88. The predicted octanol–water partition coefficient (Wildman–Crippen LogP) is 3.59. The molecule has 6 nitrogen and oxygen atoms in total. The van der Waals surface area contributed by atoms with E-state index in [-0.39, 0.29) is 5.56 Å². The lowest BCUT2D eigenvalue weighted by Crippen LogP contribution is -2.08. The van der Waals surface area contributed by atoms with E-state index in [0.29, 0.717) is 11.5 Å². The largest absolute Gasteiger partial charge is 0.496 e. The fraction of sp³-hybridized carbons (Fsp3) is 0.176. The van der Waals surface area contributed by atoms with Crippen LogP contribution in [0.4, 0.5) is 0 Å². The molecule has 1 heterocycles. The zero-order valence-electron chi connectivity index (χ0n) is 13.4. The SMILES string of the molecule is COC(=O)c1c(OC)cc(-n2cnc3cc(Br)ccc32)cc1OC. The summed E-state index contributed by atoms with van der Waals surface area (Å²) in [6.45, 7) is 0. The molecule has 0 N–H and O–H groups in total. The lowest BCUT2D eigenvalue weighted by atomic mass is 10.1. The van der Waals surface area contributed by atoms with Crippen molar-refractivity contribution < 1.29 is 19.0 Å². The van der Waals surface area contributed by atoms with Crippen molar-refractivity contribution in [3.8, 4) is 17.2 Å². The van der Waals surface area contributed by atoms with Crippen LogP contribution in [-0.2, 0) is 4.74 Å². The van der Waals surface area contributed by atoms with Gasteiger partial charge in [0.1, 0.15) is 23.4 Å². The van der Waals surface area contributed by atoms with Gasteiger partial charge in [0, 0.05) is 16.6 Å². The van der Waals surface area contributed by atoms with Crippen LogP contribution in [0.2, 0.25) is 0 Å². The van der Waals surface area contributed by atoms with Crippen molar-refractivity contribution in [2.75, 3.05) is 21.3 Å². The number of rotatable bonds is 4. The second kappa shape index (κ2) is 6.52. The van der Waals surface area contributed by atoms with E-state index in [2.05, 4.69) is 20.9 Å². The molecule has 2 aromatic carbocycles. The topological polar surface area (TPSA) is 62.6 Å². The highest BCUT2D eigenvalue weighted by atomic mass is 79.9. The maximum Gasteiger partial charge on any atom is 0.345 e. The van der Waals surface area contributed by atoms with Gasteiger partial charge in [-0.05, 0) is 18.2 Å². The van der Waals surface area contributed by atoms with Crippen LogP contribution in [0.3, 0.4) is 0 Å². The highest BCUT2D eigenvalue weighted by molar-refractivity contribution is 9.10. The van der Waals surface area contributed by atoms with Crippen LogP contribution in [0.15, 0.2) is 41.1 Å². The number of aromatic nitrogens is 2. The third kappa shape index (κ3) is 2.71. The van der Waals surface area contributed by atoms with Crippen molar-refractivity contribution in [2.24, 2.45) is 0 Å². The molecule has 0 fully saturated rings. The van der Waals surface area contributed by atoms with E-state index in [1.54, 1.807) is 18.5 Å². The number of imidazole rings is 1. The Balaban J connectivity index is 2.22. The first kappa shape index (κ1) is 16.3. The zero-order valence-corrected chi connectivity index (χ0v) is 15.0. The quantitative estimate of drug-likeness (QED) is 0.636. The van der Waals surface area contributed by atoms with Gasteiger partial charge in [-0.3, -0.25) is 4.57 Å². The first-order valence-corrected chi connectivity index (χ1v) is 7.85. The van der Waals surface area contributed by atoms with Gasteiger partial charge in [-0.25, -0.2) is 9.78 Å². The summed E-state index contributed by atoms with van der Waals surface area (Å²) in [4.78, 5) is 16.4. The third-order valence-electron chi connectivity index (χ3n) is 3.67. The number of hydrogen-bond donors (Lipinski definition) is 0. The van der Waals surface area contributed by atoms with Crippen LogP contribution in [-0.4, -0.2) is 36.8 Å². The number of halogens is 1. The van der Waals surface area contributed by atoms with Gasteiger partial charge in [-0.1, -0.05) is 15.9 Å². The molecule has 0 radical (unpaired) electrons. The number of benzene rings is 2. The normalized spacial score (nSPS) is 10.7. The molecule has 7 heteroatoms. The summed E-state index contributed by atoms with van der Waals surface area (Å²) in [5, 5.41) is 0. The standard InChI is InChI=1S/C17H15BrN2O4/c1-22-14-7-11(8-15(23-2)16(14)17(21)24-3)20-9-19-12-6-10(18)4-5-13(12)20/h4-9H,1-3H3. The minimum absolute atomic E-state index is 0.249. The average Bonchev–Trinajstić information content (AvgIpc) is 3.02. The summed E-state index contributed by atoms with van der Waals surface area (Å²) >= 11 is 3.44. The third-order valence-corrected chi connectivity index (χ3v) is 4.16. The molecular weight excluding hydrogens is 376 g/mol. The molecule has 0 atom stereocenters. The minimum Gasteiger partial charge on any atom is -0.496 e. The van der Waals surface area contributed by atoms with Crippen molar-refractivity contribution >= 4 is 32.9 Å². The summed E-state index contributed by atoms with van der Waals surface area (Å²) in [6.07, 6.45) is 1.71. The first-order chi connectivity index (χ1) is 11.6. The predicted molar refractivity (Wildman–Crippen MR) is 93.2 cm³/mol. The van der Waals surface area contributed by atoms with Crippen molar-refractivity contribution in [3.63, 3.8) is 0 Å². The minimum atomic E-state index is -0.519. The molecule has 0 bridgehead atoms. The molecular formula is C17H15BrN2O4. The molecule has 3 aromatic rings. The molecule has 1 aromatic heterocycles. The van der Waals surface area contributed by atoms with Gasteiger partial charge in [0.2, 0.25) is 0 Å². The van der Waals surface area contributed by atoms with Crippen molar-refractivity contribution in [1.82, 2.24) is 9.55 Å². The van der Waals surface area contributed by atoms with Crippen molar-refractivity contribution in [3.05, 3.63) is 46.7 Å². The molecule has 24 heavy (non-hydrogen) atoms. The summed E-state index contributed by atoms with van der Waals surface area (Å²) in [7, 11) is 4.30. The van der Waals surface area contributed by atoms with E-state index in [1.165, 1.54) is 21.3 Å². The molecule has 0 aliphatic carbocycles. The summed E-state index contributed by atoms with van der Waals surface area (Å²) in [5.41, 5.74) is 2.78. The lowest BCUT2D eigenvalue weighted by Gasteiger charge is -2.14. The number of carbonyl (C=O) groups excluding carboxylic acids is 1. The molecule has 124 valence electrons. The van der Waals surface area contributed by atoms with Gasteiger partial charge >= 0.3 is 5.97 Å². The average molecular weight is 391 g/mol. The maximum absolute atomic E-state index is 12.0. The van der Waals surface area contributed by atoms with Crippen LogP contribution in [0.5, 0.6) is 11.5 Å². The van der Waals surface area contributed by atoms with Gasteiger partial charge in [0.15, 0.2) is 0 Å². The molecule has 0 unspecified atom stereocenters. The Labute approximate surface area is 147 Å². The van der Waals surface area contributed by atoms with Crippen LogP contribution in [0, 0.1) is 0 Å².